The second-order valence-corrected chi connectivity index (χ2v) is 12.9. The van der Waals surface area contributed by atoms with E-state index in [1.165, 1.54) is 10.7 Å². The molecule has 0 saturated carbocycles. The number of carbonyl (C=O) groups is 1. The van der Waals surface area contributed by atoms with Gasteiger partial charge in [0.15, 0.2) is 0 Å². The molecule has 0 aromatic carbocycles. The fourth-order valence-electron chi connectivity index (χ4n) is 1.94. The fraction of sp³-hybridized carbons (Fsp3) is 0.375. The minimum Gasteiger partial charge on any atom is -0.359 e. The molecule has 0 atom stereocenters. The number of nitrogens with zero attached hydrogens (tertiary/aromatic N) is 4. The largest absolute Gasteiger partial charge is 0.359 e. The summed E-state index contributed by atoms with van der Waals surface area (Å²) in [6.07, 6.45) is 1.59. The second kappa shape index (κ2) is 7.83. The van der Waals surface area contributed by atoms with E-state index in [9.17, 15) is 10.1 Å². The molecule has 2 heterocycles. The van der Waals surface area contributed by atoms with E-state index in [-0.39, 0.29) is 18.2 Å². The van der Waals surface area contributed by atoms with Crippen molar-refractivity contribution in [1.82, 2.24) is 14.8 Å². The van der Waals surface area contributed by atoms with Crippen LogP contribution in [0.5, 0.6) is 0 Å². The Morgan fingerprint density at radius 1 is 1.46 bits per heavy atom. The molecule has 2 rings (SSSR count). The van der Waals surface area contributed by atoms with Crippen LogP contribution in [0, 0.1) is 11.3 Å². The van der Waals surface area contributed by atoms with Gasteiger partial charge in [0, 0.05) is 26.9 Å². The lowest BCUT2D eigenvalue weighted by molar-refractivity contribution is 0.0774. The van der Waals surface area contributed by atoms with Crippen LogP contribution in [0.25, 0.3) is 0 Å². The zero-order chi connectivity index (χ0) is 17.7. The highest BCUT2D eigenvalue weighted by molar-refractivity contribution is 9.10. The van der Waals surface area contributed by atoms with Crippen LogP contribution in [0.1, 0.15) is 21.7 Å². The maximum absolute atomic E-state index is 12.5. The summed E-state index contributed by atoms with van der Waals surface area (Å²) in [5.74, 6) is -0.285. The molecule has 0 unspecified atom stereocenters. The molecule has 6 nitrogen and oxygen atoms in total. The van der Waals surface area contributed by atoms with Gasteiger partial charge in [0.25, 0.3) is 0 Å². The molecule has 126 valence electrons. The van der Waals surface area contributed by atoms with Crippen molar-refractivity contribution in [1.29, 1.82) is 5.26 Å². The van der Waals surface area contributed by atoms with Crippen LogP contribution in [0.2, 0.25) is 25.7 Å². The number of carbonyl (C=O) groups excluding carboxylic acids is 1. The summed E-state index contributed by atoms with van der Waals surface area (Å²) < 4.78 is 7.48. The highest BCUT2D eigenvalue weighted by atomic mass is 79.9. The van der Waals surface area contributed by atoms with E-state index in [2.05, 4.69) is 45.7 Å². The van der Waals surface area contributed by atoms with Gasteiger partial charge in [0.05, 0.1) is 5.56 Å². The summed E-state index contributed by atoms with van der Waals surface area (Å²) in [4.78, 5) is 16.6. The zero-order valence-corrected chi connectivity index (χ0v) is 16.5. The molecule has 2 aromatic rings. The molecular weight excluding hydrogens is 388 g/mol. The smallest absolute Gasteiger partial charge is 0.215 e. The summed E-state index contributed by atoms with van der Waals surface area (Å²) >= 11 is 3.25. The van der Waals surface area contributed by atoms with Crippen molar-refractivity contribution in [2.24, 2.45) is 0 Å². The highest BCUT2D eigenvalue weighted by Gasteiger charge is 2.19. The van der Waals surface area contributed by atoms with Crippen LogP contribution in [0.3, 0.4) is 0 Å². The summed E-state index contributed by atoms with van der Waals surface area (Å²) in [5, 5.41) is 13.4. The predicted octanol–water partition coefficient (Wildman–Crippen LogP) is 3.46. The lowest BCUT2D eigenvalue weighted by Crippen LogP contribution is -2.22. The zero-order valence-electron chi connectivity index (χ0n) is 13.9. The first-order valence-corrected chi connectivity index (χ1v) is 12.0. The number of halogens is 1. The third-order valence-electron chi connectivity index (χ3n) is 3.34. The highest BCUT2D eigenvalue weighted by Crippen LogP contribution is 2.17. The topological polar surface area (TPSA) is 80.8 Å². The van der Waals surface area contributed by atoms with Gasteiger partial charge in [-0.1, -0.05) is 19.6 Å². The van der Waals surface area contributed by atoms with Gasteiger partial charge in [-0.3, -0.25) is 4.79 Å². The summed E-state index contributed by atoms with van der Waals surface area (Å²) in [6, 6.07) is 7.89. The van der Waals surface area contributed by atoms with E-state index < -0.39 is 8.07 Å². The predicted molar refractivity (Wildman–Crippen MR) is 96.4 cm³/mol. The van der Waals surface area contributed by atoms with Crippen molar-refractivity contribution in [3.05, 3.63) is 46.0 Å². The standard InChI is InChI=1S/C16H19BrN4O2Si/c1-24(2,3)8-7-23-11-21-12(10-18)9-14(20-21)15(22)13-5-4-6-19-16(13)17/h4-6,9H,7-8,11H2,1-3H3. The van der Waals surface area contributed by atoms with Crippen molar-refractivity contribution in [3.8, 4) is 6.07 Å². The van der Waals surface area contributed by atoms with E-state index in [1.54, 1.807) is 18.3 Å². The third-order valence-corrected chi connectivity index (χ3v) is 5.68. The van der Waals surface area contributed by atoms with Gasteiger partial charge in [-0.15, -0.1) is 0 Å². The maximum atomic E-state index is 12.5. The van der Waals surface area contributed by atoms with Crippen LogP contribution in [-0.2, 0) is 11.5 Å². The molecule has 0 aliphatic carbocycles. The maximum Gasteiger partial charge on any atom is 0.215 e. The van der Waals surface area contributed by atoms with E-state index >= 15 is 0 Å². The number of rotatable bonds is 7. The van der Waals surface area contributed by atoms with Crippen molar-refractivity contribution in [2.45, 2.75) is 32.4 Å². The van der Waals surface area contributed by atoms with Crippen LogP contribution in [0.4, 0.5) is 0 Å². The van der Waals surface area contributed by atoms with Crippen LogP contribution < -0.4 is 0 Å². The van der Waals surface area contributed by atoms with E-state index in [0.29, 0.717) is 22.5 Å². The first kappa shape index (κ1) is 18.5. The Labute approximate surface area is 150 Å². The number of ether oxygens (including phenoxy) is 1. The second-order valence-electron chi connectivity index (χ2n) is 6.55. The number of hydrogen-bond acceptors (Lipinski definition) is 5. The first-order valence-electron chi connectivity index (χ1n) is 7.53. The van der Waals surface area contributed by atoms with Crippen molar-refractivity contribution < 1.29 is 9.53 Å². The van der Waals surface area contributed by atoms with Gasteiger partial charge in [0.1, 0.15) is 28.8 Å². The molecule has 0 fully saturated rings. The Kier molecular flexibility index (Phi) is 6.04. The molecule has 0 N–H and O–H groups in total. The first-order chi connectivity index (χ1) is 11.3. The number of hydrogen-bond donors (Lipinski definition) is 0. The molecule has 24 heavy (non-hydrogen) atoms. The van der Waals surface area contributed by atoms with E-state index in [1.807, 2.05) is 6.07 Å². The molecule has 0 radical (unpaired) electrons. The minimum atomic E-state index is -1.17. The van der Waals surface area contributed by atoms with Gasteiger partial charge in [-0.05, 0) is 34.1 Å². The van der Waals surface area contributed by atoms with Crippen LogP contribution in [0.15, 0.2) is 29.0 Å². The Morgan fingerprint density at radius 2 is 2.21 bits per heavy atom. The summed E-state index contributed by atoms with van der Waals surface area (Å²) in [7, 11) is -1.17. The van der Waals surface area contributed by atoms with Gasteiger partial charge in [-0.25, -0.2) is 9.67 Å². The average molecular weight is 407 g/mol. The molecule has 0 aliphatic rings. The number of ketones is 1. The van der Waals surface area contributed by atoms with Crippen molar-refractivity contribution in [2.75, 3.05) is 6.61 Å². The molecule has 0 saturated heterocycles. The molecule has 2 aromatic heterocycles. The van der Waals surface area contributed by atoms with E-state index in [0.717, 1.165) is 6.04 Å². The lowest BCUT2D eigenvalue weighted by atomic mass is 10.1. The summed E-state index contributed by atoms with van der Waals surface area (Å²) in [6.45, 7) is 7.60. The SMILES string of the molecule is C[Si](C)(C)CCOCn1nc(C(=O)c2cccnc2Br)cc1C#N. The molecule has 0 spiro atoms. The fourth-order valence-corrected chi connectivity index (χ4v) is 3.13. The van der Waals surface area contributed by atoms with Gasteiger partial charge >= 0.3 is 0 Å². The molecule has 0 amide bonds. The minimum absolute atomic E-state index is 0.162. The number of pyridine rings is 1. The normalized spacial score (nSPS) is 11.3. The number of nitriles is 1. The van der Waals surface area contributed by atoms with Gasteiger partial charge in [-0.2, -0.15) is 10.4 Å². The Balaban J connectivity index is 2.11. The van der Waals surface area contributed by atoms with Gasteiger partial charge < -0.3 is 4.74 Å². The third kappa shape index (κ3) is 4.83. The average Bonchev–Trinajstić information content (AvgIpc) is 2.94. The Bertz CT molecular complexity index is 777. The van der Waals surface area contributed by atoms with Crippen molar-refractivity contribution >= 4 is 29.8 Å². The van der Waals surface area contributed by atoms with Crippen LogP contribution in [-0.4, -0.2) is 35.2 Å². The quantitative estimate of drug-likeness (QED) is 0.304. The van der Waals surface area contributed by atoms with Crippen molar-refractivity contribution in [3.63, 3.8) is 0 Å². The monoisotopic (exact) mass is 406 g/mol. The molecular formula is C16H19BrN4O2Si. The lowest BCUT2D eigenvalue weighted by Gasteiger charge is -2.15. The Morgan fingerprint density at radius 3 is 2.83 bits per heavy atom. The van der Waals surface area contributed by atoms with Crippen LogP contribution >= 0.6 is 15.9 Å². The Hall–Kier alpha value is -1.82. The van der Waals surface area contributed by atoms with Gasteiger partial charge in [0.2, 0.25) is 5.78 Å². The molecule has 8 heteroatoms. The molecule has 0 aliphatic heterocycles. The molecule has 0 bridgehead atoms. The number of aromatic nitrogens is 3. The summed E-state index contributed by atoms with van der Waals surface area (Å²) in [5.41, 5.74) is 0.909. The van der Waals surface area contributed by atoms with E-state index in [4.69, 9.17) is 4.74 Å².